The zero-order chi connectivity index (χ0) is 13.2. The Morgan fingerprint density at radius 2 is 1.58 bits per heavy atom. The molecule has 0 amide bonds. The van der Waals surface area contributed by atoms with E-state index < -0.39 is 0 Å². The third-order valence-corrected chi connectivity index (χ3v) is 3.69. The predicted octanol–water partition coefficient (Wildman–Crippen LogP) is 5.10. The van der Waals surface area contributed by atoms with Gasteiger partial charge in [0.1, 0.15) is 6.10 Å². The Morgan fingerprint density at radius 1 is 0.895 bits per heavy atom. The summed E-state index contributed by atoms with van der Waals surface area (Å²) < 4.78 is 5.97. The normalized spacial score (nSPS) is 21.9. The van der Waals surface area contributed by atoms with Crippen molar-refractivity contribution >= 4 is 11.6 Å². The number of rotatable bonds is 2. The minimum absolute atomic E-state index is 0.0578. The molecule has 0 bridgehead atoms. The van der Waals surface area contributed by atoms with E-state index in [1.54, 1.807) is 0 Å². The van der Waals surface area contributed by atoms with Crippen molar-refractivity contribution in [2.75, 3.05) is 0 Å². The Bertz CT molecular complexity index is 586. The third-order valence-electron chi connectivity index (χ3n) is 3.44. The van der Waals surface area contributed by atoms with Crippen LogP contribution in [0.25, 0.3) is 0 Å². The van der Waals surface area contributed by atoms with Gasteiger partial charge in [-0.2, -0.15) is 0 Å². The van der Waals surface area contributed by atoms with Gasteiger partial charge in [-0.3, -0.25) is 0 Å². The standard InChI is InChI=1S/C17H15ClO/c1-12-11-16(13-7-9-15(18)10-8-13)17(19-12)14-5-3-2-4-6-14/h2-11,16-17H,1H3. The first kappa shape index (κ1) is 12.3. The van der Waals surface area contributed by atoms with Crippen molar-refractivity contribution in [2.45, 2.75) is 18.9 Å². The summed E-state index contributed by atoms with van der Waals surface area (Å²) in [4.78, 5) is 0. The van der Waals surface area contributed by atoms with Gasteiger partial charge in [0.2, 0.25) is 0 Å². The molecule has 0 aliphatic carbocycles. The fraction of sp³-hybridized carbons (Fsp3) is 0.176. The summed E-state index contributed by atoms with van der Waals surface area (Å²) in [5.41, 5.74) is 2.44. The number of halogens is 1. The summed E-state index contributed by atoms with van der Waals surface area (Å²) >= 11 is 5.95. The number of ether oxygens (including phenoxy) is 1. The molecule has 96 valence electrons. The Balaban J connectivity index is 1.96. The van der Waals surface area contributed by atoms with Crippen LogP contribution in [-0.2, 0) is 4.74 Å². The van der Waals surface area contributed by atoms with E-state index in [9.17, 15) is 0 Å². The lowest BCUT2D eigenvalue weighted by atomic mass is 9.90. The lowest BCUT2D eigenvalue weighted by Crippen LogP contribution is -2.06. The van der Waals surface area contributed by atoms with Gasteiger partial charge in [0.05, 0.1) is 5.76 Å². The van der Waals surface area contributed by atoms with Gasteiger partial charge in [-0.25, -0.2) is 0 Å². The molecule has 0 aromatic heterocycles. The van der Waals surface area contributed by atoms with Gasteiger partial charge in [-0.05, 0) is 36.3 Å². The van der Waals surface area contributed by atoms with Crippen LogP contribution in [0.1, 0.15) is 30.1 Å². The monoisotopic (exact) mass is 270 g/mol. The van der Waals surface area contributed by atoms with Crippen molar-refractivity contribution in [1.29, 1.82) is 0 Å². The summed E-state index contributed by atoms with van der Waals surface area (Å²) in [6.45, 7) is 2.01. The predicted molar refractivity (Wildman–Crippen MR) is 78.2 cm³/mol. The van der Waals surface area contributed by atoms with Gasteiger partial charge in [0.15, 0.2) is 0 Å². The molecule has 0 saturated carbocycles. The molecule has 2 unspecified atom stereocenters. The molecule has 0 saturated heterocycles. The zero-order valence-corrected chi connectivity index (χ0v) is 11.5. The fourth-order valence-corrected chi connectivity index (χ4v) is 2.65. The highest BCUT2D eigenvalue weighted by Gasteiger charge is 2.30. The molecule has 0 radical (unpaired) electrons. The first-order valence-corrected chi connectivity index (χ1v) is 6.77. The number of hydrogen-bond donors (Lipinski definition) is 0. The van der Waals surface area contributed by atoms with Crippen molar-refractivity contribution < 1.29 is 4.74 Å². The lowest BCUT2D eigenvalue weighted by molar-refractivity contribution is 0.134. The first-order chi connectivity index (χ1) is 9.24. The second kappa shape index (κ2) is 5.10. The maximum Gasteiger partial charge on any atom is 0.134 e. The molecule has 2 aromatic carbocycles. The molecular weight excluding hydrogens is 256 g/mol. The average molecular weight is 271 g/mol. The molecule has 1 aliphatic heterocycles. The molecule has 3 rings (SSSR count). The summed E-state index contributed by atoms with van der Waals surface area (Å²) in [6, 6.07) is 18.3. The topological polar surface area (TPSA) is 9.23 Å². The van der Waals surface area contributed by atoms with Crippen LogP contribution in [-0.4, -0.2) is 0 Å². The van der Waals surface area contributed by atoms with Crippen LogP contribution in [0.3, 0.4) is 0 Å². The van der Waals surface area contributed by atoms with E-state index in [1.165, 1.54) is 11.1 Å². The van der Waals surface area contributed by atoms with Gasteiger partial charge in [0.25, 0.3) is 0 Å². The zero-order valence-electron chi connectivity index (χ0n) is 10.7. The second-order valence-corrected chi connectivity index (χ2v) is 5.24. The summed E-state index contributed by atoms with van der Waals surface area (Å²) in [6.07, 6.45) is 2.24. The van der Waals surface area contributed by atoms with E-state index in [0.29, 0.717) is 0 Å². The maximum atomic E-state index is 5.97. The number of hydrogen-bond acceptors (Lipinski definition) is 1. The van der Waals surface area contributed by atoms with Crippen LogP contribution < -0.4 is 0 Å². The van der Waals surface area contributed by atoms with Crippen molar-refractivity contribution in [3.05, 3.63) is 82.6 Å². The lowest BCUT2D eigenvalue weighted by Gasteiger charge is -2.20. The Hall–Kier alpha value is -1.73. The van der Waals surface area contributed by atoms with Crippen molar-refractivity contribution in [3.63, 3.8) is 0 Å². The Morgan fingerprint density at radius 3 is 2.26 bits per heavy atom. The second-order valence-electron chi connectivity index (χ2n) is 4.80. The molecular formula is C17H15ClO. The van der Waals surface area contributed by atoms with E-state index in [-0.39, 0.29) is 12.0 Å². The van der Waals surface area contributed by atoms with E-state index in [1.807, 2.05) is 37.3 Å². The van der Waals surface area contributed by atoms with Gasteiger partial charge in [-0.1, -0.05) is 54.1 Å². The highest BCUT2D eigenvalue weighted by molar-refractivity contribution is 6.30. The van der Waals surface area contributed by atoms with E-state index >= 15 is 0 Å². The maximum absolute atomic E-state index is 5.97. The first-order valence-electron chi connectivity index (χ1n) is 6.39. The number of allylic oxidation sites excluding steroid dienone is 1. The van der Waals surface area contributed by atoms with Crippen LogP contribution in [0.4, 0.5) is 0 Å². The molecule has 0 fully saturated rings. The van der Waals surface area contributed by atoms with E-state index in [0.717, 1.165) is 10.8 Å². The average Bonchev–Trinajstić information content (AvgIpc) is 2.83. The Labute approximate surface area is 118 Å². The Kier molecular flexibility index (Phi) is 3.31. The fourth-order valence-electron chi connectivity index (χ4n) is 2.53. The van der Waals surface area contributed by atoms with Crippen LogP contribution in [0, 0.1) is 0 Å². The molecule has 19 heavy (non-hydrogen) atoms. The molecule has 0 N–H and O–H groups in total. The largest absolute Gasteiger partial charge is 0.490 e. The highest BCUT2D eigenvalue weighted by atomic mass is 35.5. The van der Waals surface area contributed by atoms with Crippen LogP contribution in [0.15, 0.2) is 66.4 Å². The van der Waals surface area contributed by atoms with Crippen LogP contribution in [0.5, 0.6) is 0 Å². The van der Waals surface area contributed by atoms with Crippen molar-refractivity contribution in [3.8, 4) is 0 Å². The van der Waals surface area contributed by atoms with Gasteiger partial charge >= 0.3 is 0 Å². The molecule has 2 atom stereocenters. The minimum Gasteiger partial charge on any atom is -0.490 e. The molecule has 2 aromatic rings. The minimum atomic E-state index is 0.0578. The number of benzene rings is 2. The molecule has 1 aliphatic rings. The molecule has 1 nitrogen and oxygen atoms in total. The summed E-state index contributed by atoms with van der Waals surface area (Å²) in [7, 11) is 0. The quantitative estimate of drug-likeness (QED) is 0.738. The van der Waals surface area contributed by atoms with Crippen molar-refractivity contribution in [1.82, 2.24) is 0 Å². The van der Waals surface area contributed by atoms with Gasteiger partial charge in [0, 0.05) is 10.9 Å². The molecule has 2 heteroatoms. The summed E-state index contributed by atoms with van der Waals surface area (Å²) in [5, 5.41) is 0.764. The highest BCUT2D eigenvalue weighted by Crippen LogP contribution is 2.42. The molecule has 1 heterocycles. The van der Waals surface area contributed by atoms with E-state index in [4.69, 9.17) is 16.3 Å². The van der Waals surface area contributed by atoms with Crippen LogP contribution >= 0.6 is 11.6 Å². The van der Waals surface area contributed by atoms with Crippen molar-refractivity contribution in [2.24, 2.45) is 0 Å². The smallest absolute Gasteiger partial charge is 0.134 e. The third kappa shape index (κ3) is 2.52. The van der Waals surface area contributed by atoms with Gasteiger partial charge in [-0.15, -0.1) is 0 Å². The van der Waals surface area contributed by atoms with E-state index in [2.05, 4.69) is 30.3 Å². The molecule has 0 spiro atoms. The SMILES string of the molecule is CC1=CC(c2ccc(Cl)cc2)C(c2ccccc2)O1. The van der Waals surface area contributed by atoms with Gasteiger partial charge < -0.3 is 4.74 Å². The summed E-state index contributed by atoms with van der Waals surface area (Å²) in [5.74, 6) is 1.23. The van der Waals surface area contributed by atoms with Crippen LogP contribution in [0.2, 0.25) is 5.02 Å².